The number of nitrogens with zero attached hydrogens (tertiary/aromatic N) is 2. The van der Waals surface area contributed by atoms with Crippen LogP contribution in [-0.4, -0.2) is 47.2 Å². The van der Waals surface area contributed by atoms with Crippen molar-refractivity contribution in [2.75, 3.05) is 18.9 Å². The molecule has 0 radical (unpaired) electrons. The van der Waals surface area contributed by atoms with Crippen molar-refractivity contribution in [3.8, 4) is 0 Å². The van der Waals surface area contributed by atoms with E-state index in [1.54, 1.807) is 25.1 Å². The molecule has 2 fully saturated rings. The maximum atomic E-state index is 13.0. The lowest BCUT2D eigenvalue weighted by molar-refractivity contribution is -0.182. The number of carbonyl (C=O) groups is 2. The number of amides is 2. The molecule has 144 valence electrons. The number of carbonyl (C=O) groups excluding carboxylic acids is 1. The number of hydrogen-bond acceptors (Lipinski definition) is 5. The SMILES string of the molecule is C[C@@]1(c2cccc(N)c2Cl)CC(=O)N(C2CC3(COC3)C2)C(NC(=O)O)=N1. The molecule has 27 heavy (non-hydrogen) atoms. The Balaban J connectivity index is 1.69. The van der Waals surface area contributed by atoms with Crippen LogP contribution in [0.4, 0.5) is 10.5 Å². The highest BCUT2D eigenvalue weighted by Gasteiger charge is 2.55. The second kappa shape index (κ2) is 6.10. The van der Waals surface area contributed by atoms with Crippen LogP contribution in [-0.2, 0) is 15.1 Å². The molecule has 1 atom stereocenters. The summed E-state index contributed by atoms with van der Waals surface area (Å²) < 4.78 is 5.28. The van der Waals surface area contributed by atoms with Crippen molar-refractivity contribution in [1.82, 2.24) is 10.2 Å². The average Bonchev–Trinajstić information content (AvgIpc) is 2.48. The summed E-state index contributed by atoms with van der Waals surface area (Å²) in [5.41, 5.74) is 6.02. The number of rotatable bonds is 2. The molecule has 2 heterocycles. The third kappa shape index (κ3) is 2.93. The zero-order valence-electron chi connectivity index (χ0n) is 14.9. The molecule has 0 unspecified atom stereocenters. The van der Waals surface area contributed by atoms with Crippen LogP contribution in [0.1, 0.15) is 31.7 Å². The van der Waals surface area contributed by atoms with E-state index < -0.39 is 11.6 Å². The fraction of sp³-hybridized carbons (Fsp3) is 0.500. The molecule has 3 aliphatic rings. The quantitative estimate of drug-likeness (QED) is 0.667. The van der Waals surface area contributed by atoms with Gasteiger partial charge in [-0.25, -0.2) is 9.79 Å². The van der Waals surface area contributed by atoms with Gasteiger partial charge in [-0.2, -0.15) is 0 Å². The van der Waals surface area contributed by atoms with Crippen LogP contribution in [0.2, 0.25) is 5.02 Å². The minimum atomic E-state index is -1.27. The van der Waals surface area contributed by atoms with Gasteiger partial charge in [0.1, 0.15) is 0 Å². The van der Waals surface area contributed by atoms with Crippen LogP contribution in [0.5, 0.6) is 0 Å². The van der Waals surface area contributed by atoms with Crippen LogP contribution >= 0.6 is 11.6 Å². The van der Waals surface area contributed by atoms with Crippen LogP contribution < -0.4 is 11.1 Å². The number of guanidine groups is 1. The summed E-state index contributed by atoms with van der Waals surface area (Å²) in [6.07, 6.45) is 0.389. The van der Waals surface area contributed by atoms with E-state index in [0.29, 0.717) is 29.5 Å². The Morgan fingerprint density at radius 2 is 2.15 bits per heavy atom. The number of aliphatic imine (C=N–C) groups is 1. The van der Waals surface area contributed by atoms with Crippen molar-refractivity contribution < 1.29 is 19.4 Å². The van der Waals surface area contributed by atoms with Gasteiger partial charge in [0.15, 0.2) is 0 Å². The van der Waals surface area contributed by atoms with Crippen molar-refractivity contribution in [3.63, 3.8) is 0 Å². The topological polar surface area (TPSA) is 117 Å². The largest absolute Gasteiger partial charge is 0.465 e. The second-order valence-corrected chi connectivity index (χ2v) is 8.22. The van der Waals surface area contributed by atoms with Crippen molar-refractivity contribution in [3.05, 3.63) is 28.8 Å². The van der Waals surface area contributed by atoms with Crippen LogP contribution in [0.25, 0.3) is 0 Å². The molecule has 1 saturated carbocycles. The highest BCUT2D eigenvalue weighted by atomic mass is 35.5. The van der Waals surface area contributed by atoms with E-state index in [1.165, 1.54) is 4.90 Å². The smallest absolute Gasteiger partial charge is 0.411 e. The van der Waals surface area contributed by atoms with Crippen LogP contribution in [0.3, 0.4) is 0 Å². The molecule has 1 aliphatic carbocycles. The number of ether oxygens (including phenoxy) is 1. The highest BCUT2D eigenvalue weighted by molar-refractivity contribution is 6.34. The molecule has 4 N–H and O–H groups in total. The first kappa shape index (κ1) is 18.1. The van der Waals surface area contributed by atoms with Gasteiger partial charge in [0.05, 0.1) is 35.9 Å². The van der Waals surface area contributed by atoms with Gasteiger partial charge in [0, 0.05) is 17.0 Å². The van der Waals surface area contributed by atoms with Crippen molar-refractivity contribution in [2.45, 2.75) is 37.8 Å². The number of nitrogen functional groups attached to an aromatic ring is 1. The first-order chi connectivity index (χ1) is 12.7. The Kier molecular flexibility index (Phi) is 4.08. The van der Waals surface area contributed by atoms with Gasteiger partial charge >= 0.3 is 6.09 Å². The molecule has 8 nitrogen and oxygen atoms in total. The Morgan fingerprint density at radius 1 is 1.44 bits per heavy atom. The number of nitrogens with one attached hydrogen (secondary N) is 1. The fourth-order valence-electron chi connectivity index (χ4n) is 4.26. The molecule has 9 heteroatoms. The normalized spacial score (nSPS) is 27.0. The molecular weight excluding hydrogens is 372 g/mol. The van der Waals surface area contributed by atoms with E-state index in [0.717, 1.165) is 12.8 Å². The molecular formula is C18H21ClN4O4. The number of halogens is 1. The third-order valence-electron chi connectivity index (χ3n) is 5.69. The lowest BCUT2D eigenvalue weighted by atomic mass is 9.63. The minimum absolute atomic E-state index is 0.0415. The lowest BCUT2D eigenvalue weighted by Crippen LogP contribution is -2.65. The third-order valence-corrected chi connectivity index (χ3v) is 6.11. The Labute approximate surface area is 161 Å². The summed E-state index contributed by atoms with van der Waals surface area (Å²) in [5.74, 6) is -0.144. The summed E-state index contributed by atoms with van der Waals surface area (Å²) in [7, 11) is 0. The Hall–Kier alpha value is -2.32. The maximum Gasteiger partial charge on any atom is 0.411 e. The van der Waals surface area contributed by atoms with E-state index >= 15 is 0 Å². The van der Waals surface area contributed by atoms with Crippen LogP contribution in [0, 0.1) is 5.41 Å². The number of carboxylic acid groups (broad SMARTS) is 1. The van der Waals surface area contributed by atoms with E-state index in [1.807, 2.05) is 0 Å². The summed E-state index contributed by atoms with van der Waals surface area (Å²) in [6, 6.07) is 5.09. The molecule has 2 aliphatic heterocycles. The van der Waals surface area contributed by atoms with E-state index in [9.17, 15) is 14.7 Å². The molecule has 1 spiro atoms. The molecule has 4 rings (SSSR count). The maximum absolute atomic E-state index is 13.0. The monoisotopic (exact) mass is 392 g/mol. The molecule has 1 saturated heterocycles. The predicted octanol–water partition coefficient (Wildman–Crippen LogP) is 2.17. The van der Waals surface area contributed by atoms with E-state index in [2.05, 4.69) is 10.3 Å². The summed E-state index contributed by atoms with van der Waals surface area (Å²) in [6.45, 7) is 3.15. The predicted molar refractivity (Wildman–Crippen MR) is 99.5 cm³/mol. The van der Waals surface area contributed by atoms with E-state index in [-0.39, 0.29) is 29.7 Å². The number of nitrogens with two attached hydrogens (primary N) is 1. The minimum Gasteiger partial charge on any atom is -0.465 e. The first-order valence-corrected chi connectivity index (χ1v) is 9.15. The summed E-state index contributed by atoms with van der Waals surface area (Å²) >= 11 is 6.35. The highest BCUT2D eigenvalue weighted by Crippen LogP contribution is 2.50. The lowest BCUT2D eigenvalue weighted by Gasteiger charge is -2.56. The molecule has 2 amide bonds. The average molecular weight is 393 g/mol. The number of hydrogen-bond donors (Lipinski definition) is 3. The Morgan fingerprint density at radius 3 is 2.74 bits per heavy atom. The second-order valence-electron chi connectivity index (χ2n) is 7.84. The van der Waals surface area contributed by atoms with Gasteiger partial charge in [0.2, 0.25) is 11.9 Å². The van der Waals surface area contributed by atoms with Crippen molar-refractivity contribution in [2.24, 2.45) is 10.4 Å². The molecule has 1 aromatic rings. The molecule has 0 bridgehead atoms. The Bertz CT molecular complexity index is 846. The standard InChI is InChI=1S/C18H21ClN4O4/c1-17(11-3-2-4-12(20)14(11)19)7-13(24)23(15(22-17)21-16(25)26)10-5-18(6-10)8-27-9-18/h2-4,10H,5-9,20H2,1H3,(H,21,22)(H,25,26)/t17-/m0/s1. The van der Waals surface area contributed by atoms with Crippen molar-refractivity contribution in [1.29, 1.82) is 0 Å². The zero-order valence-corrected chi connectivity index (χ0v) is 15.6. The molecule has 0 aromatic heterocycles. The van der Waals surface area contributed by atoms with Crippen molar-refractivity contribution >= 4 is 35.2 Å². The van der Waals surface area contributed by atoms with Gasteiger partial charge in [-0.05, 0) is 25.8 Å². The van der Waals surface area contributed by atoms with Gasteiger partial charge in [0.25, 0.3) is 0 Å². The molecule has 1 aromatic carbocycles. The fourth-order valence-corrected chi connectivity index (χ4v) is 4.58. The summed E-state index contributed by atoms with van der Waals surface area (Å²) in [5, 5.41) is 11.9. The van der Waals surface area contributed by atoms with E-state index in [4.69, 9.17) is 22.1 Å². The summed E-state index contributed by atoms with van der Waals surface area (Å²) in [4.78, 5) is 30.4. The van der Waals surface area contributed by atoms with Crippen LogP contribution in [0.15, 0.2) is 23.2 Å². The zero-order chi connectivity index (χ0) is 19.4. The first-order valence-electron chi connectivity index (χ1n) is 8.77. The van der Waals surface area contributed by atoms with Gasteiger partial charge in [-0.15, -0.1) is 0 Å². The number of benzene rings is 1. The van der Waals surface area contributed by atoms with Gasteiger partial charge < -0.3 is 15.6 Å². The number of anilines is 1. The van der Waals surface area contributed by atoms with Gasteiger partial charge in [-0.1, -0.05) is 23.7 Å². The van der Waals surface area contributed by atoms with Gasteiger partial charge in [-0.3, -0.25) is 15.0 Å².